The number of carbonyl (C=O) groups excluding carboxylic acids is 1. The molecule has 0 atom stereocenters. The van der Waals surface area contributed by atoms with Crippen molar-refractivity contribution in [2.75, 3.05) is 23.3 Å². The summed E-state index contributed by atoms with van der Waals surface area (Å²) in [5.74, 6) is 1.12. The van der Waals surface area contributed by atoms with Crippen LogP contribution in [0, 0.1) is 0 Å². The van der Waals surface area contributed by atoms with E-state index in [0.29, 0.717) is 11.5 Å². The Morgan fingerprint density at radius 1 is 1.21 bits per heavy atom. The van der Waals surface area contributed by atoms with Crippen molar-refractivity contribution in [2.24, 2.45) is 0 Å². The molecule has 0 saturated carbocycles. The molecule has 1 heterocycles. The third-order valence-electron chi connectivity index (χ3n) is 4.71. The topological polar surface area (TPSA) is 53.6 Å². The highest BCUT2D eigenvalue weighted by Gasteiger charge is 2.21. The van der Waals surface area contributed by atoms with E-state index in [1.165, 1.54) is 5.56 Å². The standard InChI is InChI=1S/C23H29N3O2S/c1-17(2)28-21-8-3-6-18(16-21)7-4-14-24-23(29)25-19-10-12-20(13-11-19)26-15-5-9-22(26)27/h3,6,8,10-13,16-17H,4-5,7,9,14-15H2,1-2H3,(H2,24,25,29). The summed E-state index contributed by atoms with van der Waals surface area (Å²) in [6.45, 7) is 5.66. The molecule has 0 bridgehead atoms. The van der Waals surface area contributed by atoms with E-state index in [0.717, 1.165) is 49.5 Å². The number of hydrogen-bond acceptors (Lipinski definition) is 3. The van der Waals surface area contributed by atoms with Crippen molar-refractivity contribution < 1.29 is 9.53 Å². The van der Waals surface area contributed by atoms with E-state index in [4.69, 9.17) is 17.0 Å². The van der Waals surface area contributed by atoms with Gasteiger partial charge in [-0.1, -0.05) is 12.1 Å². The summed E-state index contributed by atoms with van der Waals surface area (Å²) in [6, 6.07) is 16.1. The zero-order valence-corrected chi connectivity index (χ0v) is 17.9. The second-order valence-corrected chi connectivity index (χ2v) is 7.90. The Morgan fingerprint density at radius 2 is 2.00 bits per heavy atom. The SMILES string of the molecule is CC(C)Oc1cccc(CCCNC(=S)Nc2ccc(N3CCCC3=O)cc2)c1. The third kappa shape index (κ3) is 6.46. The zero-order chi connectivity index (χ0) is 20.6. The van der Waals surface area contributed by atoms with Gasteiger partial charge in [0, 0.05) is 30.9 Å². The van der Waals surface area contributed by atoms with Crippen LogP contribution in [-0.2, 0) is 11.2 Å². The van der Waals surface area contributed by atoms with Gasteiger partial charge in [-0.05, 0) is 87.3 Å². The summed E-state index contributed by atoms with van der Waals surface area (Å²) in [6.07, 6.45) is 3.69. The van der Waals surface area contributed by atoms with E-state index in [9.17, 15) is 4.79 Å². The average Bonchev–Trinajstić information content (AvgIpc) is 3.12. The summed E-state index contributed by atoms with van der Waals surface area (Å²) >= 11 is 5.39. The minimum Gasteiger partial charge on any atom is -0.491 e. The van der Waals surface area contributed by atoms with Crippen molar-refractivity contribution in [3.05, 3.63) is 54.1 Å². The van der Waals surface area contributed by atoms with Crippen molar-refractivity contribution in [3.8, 4) is 5.75 Å². The number of nitrogens with zero attached hydrogens (tertiary/aromatic N) is 1. The highest BCUT2D eigenvalue weighted by Crippen LogP contribution is 2.23. The van der Waals surface area contributed by atoms with E-state index < -0.39 is 0 Å². The number of rotatable bonds is 8. The lowest BCUT2D eigenvalue weighted by atomic mass is 10.1. The van der Waals surface area contributed by atoms with Crippen molar-refractivity contribution in [1.29, 1.82) is 0 Å². The first-order valence-electron chi connectivity index (χ1n) is 10.2. The second kappa shape index (κ2) is 10.3. The van der Waals surface area contributed by atoms with Gasteiger partial charge in [0.25, 0.3) is 0 Å². The Labute approximate surface area is 178 Å². The van der Waals surface area contributed by atoms with Crippen LogP contribution < -0.4 is 20.3 Å². The van der Waals surface area contributed by atoms with Crippen LogP contribution in [0.2, 0.25) is 0 Å². The van der Waals surface area contributed by atoms with Gasteiger partial charge in [0.2, 0.25) is 5.91 Å². The molecular formula is C23H29N3O2S. The number of ether oxygens (including phenoxy) is 1. The van der Waals surface area contributed by atoms with E-state index in [-0.39, 0.29) is 12.0 Å². The molecule has 2 aromatic rings. The molecule has 3 rings (SSSR count). The number of aryl methyl sites for hydroxylation is 1. The Hall–Kier alpha value is -2.60. The number of anilines is 2. The predicted molar refractivity (Wildman–Crippen MR) is 123 cm³/mol. The van der Waals surface area contributed by atoms with Crippen molar-refractivity contribution in [2.45, 2.75) is 45.6 Å². The van der Waals surface area contributed by atoms with Crippen LogP contribution in [0.4, 0.5) is 11.4 Å². The normalized spacial score (nSPS) is 13.6. The Bertz CT molecular complexity index is 836. The first kappa shape index (κ1) is 21.1. The van der Waals surface area contributed by atoms with Gasteiger partial charge in [-0.15, -0.1) is 0 Å². The number of hydrogen-bond donors (Lipinski definition) is 2. The lowest BCUT2D eigenvalue weighted by molar-refractivity contribution is -0.117. The van der Waals surface area contributed by atoms with Crippen LogP contribution in [0.15, 0.2) is 48.5 Å². The van der Waals surface area contributed by atoms with Gasteiger partial charge in [-0.3, -0.25) is 4.79 Å². The molecule has 0 spiro atoms. The van der Waals surface area contributed by atoms with Crippen molar-refractivity contribution >= 4 is 34.6 Å². The zero-order valence-electron chi connectivity index (χ0n) is 17.1. The summed E-state index contributed by atoms with van der Waals surface area (Å²) in [7, 11) is 0. The van der Waals surface area contributed by atoms with E-state index in [2.05, 4.69) is 22.8 Å². The maximum atomic E-state index is 11.8. The molecule has 5 nitrogen and oxygen atoms in total. The molecule has 1 amide bonds. The molecule has 1 aliphatic heterocycles. The van der Waals surface area contributed by atoms with E-state index in [1.807, 2.05) is 55.1 Å². The Balaban J connectivity index is 1.39. The van der Waals surface area contributed by atoms with Gasteiger partial charge in [-0.25, -0.2) is 0 Å². The van der Waals surface area contributed by atoms with E-state index in [1.54, 1.807) is 0 Å². The molecule has 154 valence electrons. The maximum absolute atomic E-state index is 11.8. The van der Waals surface area contributed by atoms with Gasteiger partial charge in [0.15, 0.2) is 5.11 Å². The maximum Gasteiger partial charge on any atom is 0.227 e. The van der Waals surface area contributed by atoms with Crippen molar-refractivity contribution in [3.63, 3.8) is 0 Å². The first-order valence-corrected chi connectivity index (χ1v) is 10.6. The van der Waals surface area contributed by atoms with Crippen LogP contribution in [0.25, 0.3) is 0 Å². The minimum atomic E-state index is 0.181. The molecule has 1 fully saturated rings. The van der Waals surface area contributed by atoms with Gasteiger partial charge in [0.1, 0.15) is 5.75 Å². The van der Waals surface area contributed by atoms with Crippen LogP contribution in [-0.4, -0.2) is 30.2 Å². The van der Waals surface area contributed by atoms with Gasteiger partial charge in [0.05, 0.1) is 6.10 Å². The summed E-state index contributed by atoms with van der Waals surface area (Å²) in [5.41, 5.74) is 3.12. The van der Waals surface area contributed by atoms with Gasteiger partial charge >= 0.3 is 0 Å². The molecule has 1 saturated heterocycles. The average molecular weight is 412 g/mol. The summed E-state index contributed by atoms with van der Waals surface area (Å²) in [4.78, 5) is 13.7. The molecular weight excluding hydrogens is 382 g/mol. The molecule has 2 aromatic carbocycles. The third-order valence-corrected chi connectivity index (χ3v) is 4.95. The number of benzene rings is 2. The van der Waals surface area contributed by atoms with Crippen LogP contribution in [0.1, 0.15) is 38.7 Å². The second-order valence-electron chi connectivity index (χ2n) is 7.49. The lowest BCUT2D eigenvalue weighted by Crippen LogP contribution is -2.29. The molecule has 0 unspecified atom stereocenters. The molecule has 0 aliphatic carbocycles. The fourth-order valence-electron chi connectivity index (χ4n) is 3.36. The molecule has 0 aromatic heterocycles. The largest absolute Gasteiger partial charge is 0.491 e. The fraction of sp³-hybridized carbons (Fsp3) is 0.391. The highest BCUT2D eigenvalue weighted by atomic mass is 32.1. The minimum absolute atomic E-state index is 0.181. The Morgan fingerprint density at radius 3 is 2.69 bits per heavy atom. The van der Waals surface area contributed by atoms with Crippen LogP contribution in [0.5, 0.6) is 5.75 Å². The fourth-order valence-corrected chi connectivity index (χ4v) is 3.58. The molecule has 6 heteroatoms. The molecule has 2 N–H and O–H groups in total. The van der Waals surface area contributed by atoms with E-state index >= 15 is 0 Å². The predicted octanol–water partition coefficient (Wildman–Crippen LogP) is 4.52. The molecule has 1 aliphatic rings. The highest BCUT2D eigenvalue weighted by molar-refractivity contribution is 7.80. The van der Waals surface area contributed by atoms with Gasteiger partial charge < -0.3 is 20.3 Å². The smallest absolute Gasteiger partial charge is 0.227 e. The quantitative estimate of drug-likeness (QED) is 0.494. The number of nitrogens with one attached hydrogen (secondary N) is 2. The monoisotopic (exact) mass is 411 g/mol. The number of thiocarbonyl (C=S) groups is 1. The first-order chi connectivity index (χ1) is 14.0. The lowest BCUT2D eigenvalue weighted by Gasteiger charge is -2.16. The molecule has 29 heavy (non-hydrogen) atoms. The summed E-state index contributed by atoms with van der Waals surface area (Å²) < 4.78 is 5.74. The molecule has 0 radical (unpaired) electrons. The summed E-state index contributed by atoms with van der Waals surface area (Å²) in [5, 5.41) is 7.05. The van der Waals surface area contributed by atoms with Crippen LogP contribution in [0.3, 0.4) is 0 Å². The van der Waals surface area contributed by atoms with Gasteiger partial charge in [-0.2, -0.15) is 0 Å². The number of carbonyl (C=O) groups is 1. The van der Waals surface area contributed by atoms with Crippen LogP contribution >= 0.6 is 12.2 Å². The Kier molecular flexibility index (Phi) is 7.47. The number of amides is 1. The van der Waals surface area contributed by atoms with Crippen molar-refractivity contribution in [1.82, 2.24) is 5.32 Å².